The Balaban J connectivity index is 1.16. The number of benzene rings is 2. The zero-order valence-corrected chi connectivity index (χ0v) is 35.4. The van der Waals surface area contributed by atoms with Gasteiger partial charge in [0.25, 0.3) is 8.53 Å². The number of nitriles is 1. The van der Waals surface area contributed by atoms with Crippen LogP contribution in [0.2, 0.25) is 0 Å². The Bertz CT molecular complexity index is 1720. The maximum absolute atomic E-state index is 13.3. The van der Waals surface area contributed by atoms with Crippen molar-refractivity contribution < 1.29 is 18.4 Å². The molecule has 5 rings (SSSR count). The second-order valence-electron chi connectivity index (χ2n) is 16.5. The number of nitrogens with zero attached hydrogens (tertiary/aromatic N) is 5. The topological polar surface area (TPSA) is 72.0 Å². The molecule has 1 fully saturated rings. The van der Waals surface area contributed by atoms with Crippen LogP contribution in [0.1, 0.15) is 118 Å². The van der Waals surface area contributed by atoms with Gasteiger partial charge in [0.1, 0.15) is 6.54 Å². The van der Waals surface area contributed by atoms with E-state index in [-0.39, 0.29) is 34.9 Å². The number of unbranched alkanes of at least 4 members (excludes halogenated alkanes) is 2. The minimum Gasteiger partial charge on any atom is -0.344 e. The zero-order valence-electron chi connectivity index (χ0n) is 34.5. The van der Waals surface area contributed by atoms with E-state index in [1.807, 2.05) is 4.90 Å². The Morgan fingerprint density at radius 3 is 2.31 bits per heavy atom. The van der Waals surface area contributed by atoms with Gasteiger partial charge in [0, 0.05) is 79.1 Å². The molecular formula is C45H65N5O3P+. The number of likely N-dealkylation sites (tertiary alicyclic amines) is 1. The first-order valence-electron chi connectivity index (χ1n) is 20.4. The van der Waals surface area contributed by atoms with Crippen LogP contribution in [-0.4, -0.2) is 76.7 Å². The number of para-hydroxylation sites is 2. The van der Waals surface area contributed by atoms with Gasteiger partial charge in [-0.25, -0.2) is 4.67 Å². The third-order valence-electron chi connectivity index (χ3n) is 11.4. The number of rotatable bonds is 17. The van der Waals surface area contributed by atoms with Crippen LogP contribution in [0.4, 0.5) is 11.4 Å². The van der Waals surface area contributed by atoms with E-state index in [1.54, 1.807) is 0 Å². The smallest absolute Gasteiger partial charge is 0.259 e. The first kappa shape index (κ1) is 41.8. The van der Waals surface area contributed by atoms with Crippen molar-refractivity contribution in [2.45, 2.75) is 136 Å². The van der Waals surface area contributed by atoms with Gasteiger partial charge in [-0.1, -0.05) is 56.3 Å². The number of anilines is 1. The lowest BCUT2D eigenvalue weighted by atomic mass is 9.81. The van der Waals surface area contributed by atoms with Crippen LogP contribution in [0.15, 0.2) is 72.5 Å². The largest absolute Gasteiger partial charge is 0.344 e. The van der Waals surface area contributed by atoms with Crippen LogP contribution in [0.3, 0.4) is 0 Å². The Morgan fingerprint density at radius 1 is 0.981 bits per heavy atom. The lowest BCUT2D eigenvalue weighted by molar-refractivity contribution is -0.438. The lowest BCUT2D eigenvalue weighted by Gasteiger charge is -2.39. The van der Waals surface area contributed by atoms with Crippen molar-refractivity contribution in [1.29, 1.82) is 5.26 Å². The summed E-state index contributed by atoms with van der Waals surface area (Å²) in [7, 11) is -1.27. The SMILES string of the molecule is CCN1/C(=C/C=C/C2=[N+](CCCCCC(=O)N3CCC(OP(OCCC#N)N(C(C)C)C(C)C)CC3)c3ccccc3C2(C)C)C(C)(C)c2ccccc21. The molecule has 0 aliphatic carbocycles. The summed E-state index contributed by atoms with van der Waals surface area (Å²) in [6, 6.07) is 20.3. The first-order chi connectivity index (χ1) is 25.8. The molecule has 0 spiro atoms. The van der Waals surface area contributed by atoms with Gasteiger partial charge in [-0.2, -0.15) is 9.84 Å². The van der Waals surface area contributed by atoms with Gasteiger partial charge < -0.3 is 18.8 Å². The van der Waals surface area contributed by atoms with Crippen LogP contribution in [0.25, 0.3) is 0 Å². The summed E-state index contributed by atoms with van der Waals surface area (Å²) in [5.41, 5.74) is 7.85. The Hall–Kier alpha value is -3.34. The average Bonchev–Trinajstić information content (AvgIpc) is 3.49. The number of hydrogen-bond acceptors (Lipinski definition) is 6. The minimum absolute atomic E-state index is 0.0528. The molecule has 0 saturated carbocycles. The van der Waals surface area contributed by atoms with Crippen LogP contribution in [0, 0.1) is 11.3 Å². The summed E-state index contributed by atoms with van der Waals surface area (Å²) in [5, 5.41) is 9.03. The van der Waals surface area contributed by atoms with Crippen molar-refractivity contribution in [2.75, 3.05) is 37.7 Å². The van der Waals surface area contributed by atoms with Crippen LogP contribution in [-0.2, 0) is 24.7 Å². The van der Waals surface area contributed by atoms with E-state index in [0.717, 1.165) is 45.2 Å². The lowest BCUT2D eigenvalue weighted by Crippen LogP contribution is -2.41. The summed E-state index contributed by atoms with van der Waals surface area (Å²) in [5.74, 6) is 0.251. The third kappa shape index (κ3) is 9.19. The maximum atomic E-state index is 13.3. The van der Waals surface area contributed by atoms with E-state index in [2.05, 4.69) is 149 Å². The van der Waals surface area contributed by atoms with Crippen molar-refractivity contribution in [1.82, 2.24) is 9.57 Å². The molecule has 1 amide bonds. The molecule has 9 heteroatoms. The highest BCUT2D eigenvalue weighted by atomic mass is 31.2. The van der Waals surface area contributed by atoms with E-state index in [0.29, 0.717) is 32.5 Å². The fraction of sp³-hybridized carbons (Fsp3) is 0.578. The van der Waals surface area contributed by atoms with E-state index in [4.69, 9.17) is 14.3 Å². The molecule has 2 aromatic carbocycles. The predicted octanol–water partition coefficient (Wildman–Crippen LogP) is 10.2. The van der Waals surface area contributed by atoms with Gasteiger partial charge in [-0.3, -0.25) is 4.79 Å². The Morgan fingerprint density at radius 2 is 1.65 bits per heavy atom. The molecule has 1 saturated heterocycles. The number of allylic oxidation sites excluding steroid dienone is 4. The van der Waals surface area contributed by atoms with Crippen molar-refractivity contribution in [3.05, 3.63) is 83.6 Å². The molecule has 0 N–H and O–H groups in total. The van der Waals surface area contributed by atoms with Crippen molar-refractivity contribution in [3.8, 4) is 6.07 Å². The zero-order chi connectivity index (χ0) is 39.0. The molecule has 292 valence electrons. The summed E-state index contributed by atoms with van der Waals surface area (Å²) < 4.78 is 17.5. The molecule has 2 aromatic rings. The number of piperidine rings is 1. The molecule has 8 nitrogen and oxygen atoms in total. The number of fused-ring (bicyclic) bond motifs is 2. The molecular weight excluding hydrogens is 690 g/mol. The summed E-state index contributed by atoms with van der Waals surface area (Å²) in [6.07, 6.45) is 12.5. The predicted molar refractivity (Wildman–Crippen MR) is 223 cm³/mol. The standard InChI is InChI=1S/C45H65N5O3P/c1-10-48-39-22-15-13-20-37(39)44(6,7)41(48)24-18-25-42-45(8,9)38-21-14-16-23-40(38)49(42)30-17-11-12-26-43(51)47-31-27-36(28-32-47)53-54(52-33-19-29-46)50(34(2)3)35(4)5/h13-16,18,20-25,34-36H,10-12,17,19,26-28,30-33H2,1-9H3/q+1. The number of hydrogen-bond donors (Lipinski definition) is 0. The Kier molecular flexibility index (Phi) is 14.3. The summed E-state index contributed by atoms with van der Waals surface area (Å²) in [6.45, 7) is 23.9. The van der Waals surface area contributed by atoms with Gasteiger partial charge in [0.15, 0.2) is 5.71 Å². The highest BCUT2D eigenvalue weighted by Crippen LogP contribution is 2.49. The van der Waals surface area contributed by atoms with E-state index < -0.39 is 8.53 Å². The highest BCUT2D eigenvalue weighted by Gasteiger charge is 2.44. The van der Waals surface area contributed by atoms with E-state index in [1.165, 1.54) is 33.9 Å². The normalized spacial score (nSPS) is 19.4. The van der Waals surface area contributed by atoms with Gasteiger partial charge in [0.2, 0.25) is 11.6 Å². The monoisotopic (exact) mass is 754 g/mol. The quantitative estimate of drug-likeness (QED) is 0.0910. The molecule has 0 bridgehead atoms. The summed E-state index contributed by atoms with van der Waals surface area (Å²) in [4.78, 5) is 17.8. The van der Waals surface area contributed by atoms with Crippen LogP contribution in [0.5, 0.6) is 0 Å². The molecule has 3 aliphatic rings. The molecule has 1 atom stereocenters. The number of likely N-dealkylation sites (N-methyl/N-ethyl adjacent to an activating group) is 1. The fourth-order valence-corrected chi connectivity index (χ4v) is 10.4. The van der Waals surface area contributed by atoms with Crippen molar-refractivity contribution >= 4 is 31.5 Å². The molecule has 3 aliphatic heterocycles. The second kappa shape index (κ2) is 18.5. The number of amides is 1. The minimum atomic E-state index is -1.27. The average molecular weight is 755 g/mol. The van der Waals surface area contributed by atoms with Crippen molar-refractivity contribution in [2.24, 2.45) is 0 Å². The molecule has 0 aromatic heterocycles. The van der Waals surface area contributed by atoms with Crippen LogP contribution >= 0.6 is 8.53 Å². The maximum Gasteiger partial charge on any atom is 0.259 e. The van der Waals surface area contributed by atoms with Gasteiger partial charge in [-0.15, -0.1) is 0 Å². The van der Waals surface area contributed by atoms with Gasteiger partial charge >= 0.3 is 0 Å². The number of carbonyl (C=O) groups excluding carboxylic acids is 1. The third-order valence-corrected chi connectivity index (χ3v) is 13.6. The second-order valence-corrected chi connectivity index (χ2v) is 17.9. The van der Waals surface area contributed by atoms with E-state index >= 15 is 0 Å². The first-order valence-corrected chi connectivity index (χ1v) is 21.5. The van der Waals surface area contributed by atoms with Crippen molar-refractivity contribution in [3.63, 3.8) is 0 Å². The fourth-order valence-electron chi connectivity index (χ4n) is 8.61. The van der Waals surface area contributed by atoms with E-state index in [9.17, 15) is 4.79 Å². The summed E-state index contributed by atoms with van der Waals surface area (Å²) >= 11 is 0. The highest BCUT2D eigenvalue weighted by molar-refractivity contribution is 7.44. The molecule has 0 radical (unpaired) electrons. The van der Waals surface area contributed by atoms with Gasteiger partial charge in [0.05, 0.1) is 30.6 Å². The number of carbonyl (C=O) groups is 1. The molecule has 3 heterocycles. The Labute approximate surface area is 327 Å². The molecule has 1 unspecified atom stereocenters. The van der Waals surface area contributed by atoms with Gasteiger partial charge in [-0.05, 0) is 91.9 Å². The molecule has 54 heavy (non-hydrogen) atoms. The van der Waals surface area contributed by atoms with Crippen LogP contribution < -0.4 is 4.90 Å².